The van der Waals surface area contributed by atoms with Crippen LogP contribution in [0.3, 0.4) is 0 Å². The Kier molecular flexibility index (Phi) is 7.22. The lowest BCUT2D eigenvalue weighted by molar-refractivity contribution is -0.276. The Morgan fingerprint density at radius 3 is 1.94 bits per heavy atom. The van der Waals surface area contributed by atoms with E-state index >= 15 is 0 Å². The summed E-state index contributed by atoms with van der Waals surface area (Å²) in [5.41, 5.74) is 0.569. The Bertz CT molecular complexity index is 872. The van der Waals surface area contributed by atoms with Crippen molar-refractivity contribution in [2.75, 3.05) is 0 Å². The first-order valence-corrected chi connectivity index (χ1v) is 10.7. The molecule has 0 heterocycles. The summed E-state index contributed by atoms with van der Waals surface area (Å²) in [4.78, 5) is 0. The van der Waals surface area contributed by atoms with E-state index in [1.54, 1.807) is 6.07 Å². The number of ether oxygens (including phenoxy) is 1. The standard InChI is InChI=1S/C24H26F6O/c1-3-14(4-2)15-5-7-16(8-6-15)17-9-10-19(20(25)11-17)18-12-21(26)23(22(27)13-18)31-24(28,29)30/h9-16H,3-8H2,1-2H3. The highest BCUT2D eigenvalue weighted by Gasteiger charge is 2.34. The number of rotatable bonds is 6. The molecule has 0 bridgehead atoms. The van der Waals surface area contributed by atoms with Crippen LogP contribution in [0.1, 0.15) is 63.9 Å². The molecule has 2 aromatic carbocycles. The molecule has 0 radical (unpaired) electrons. The molecule has 1 aliphatic carbocycles. The summed E-state index contributed by atoms with van der Waals surface area (Å²) >= 11 is 0. The van der Waals surface area contributed by atoms with E-state index in [2.05, 4.69) is 18.6 Å². The van der Waals surface area contributed by atoms with Gasteiger partial charge in [0.25, 0.3) is 0 Å². The highest BCUT2D eigenvalue weighted by molar-refractivity contribution is 5.66. The van der Waals surface area contributed by atoms with Crippen molar-refractivity contribution in [3.8, 4) is 16.9 Å². The Morgan fingerprint density at radius 1 is 0.871 bits per heavy atom. The molecule has 0 amide bonds. The van der Waals surface area contributed by atoms with Crippen LogP contribution in [0.25, 0.3) is 11.1 Å². The van der Waals surface area contributed by atoms with Gasteiger partial charge in [0.05, 0.1) is 0 Å². The van der Waals surface area contributed by atoms with Gasteiger partial charge in [-0.05, 0) is 72.8 Å². The molecule has 170 valence electrons. The molecular formula is C24H26F6O. The van der Waals surface area contributed by atoms with Gasteiger partial charge in [-0.1, -0.05) is 38.8 Å². The zero-order valence-corrected chi connectivity index (χ0v) is 17.5. The van der Waals surface area contributed by atoms with Gasteiger partial charge in [0, 0.05) is 5.56 Å². The molecule has 0 N–H and O–H groups in total. The van der Waals surface area contributed by atoms with Gasteiger partial charge in [0.15, 0.2) is 11.6 Å². The van der Waals surface area contributed by atoms with Crippen LogP contribution in [0, 0.1) is 29.3 Å². The first-order valence-electron chi connectivity index (χ1n) is 10.7. The van der Waals surface area contributed by atoms with Crippen LogP contribution in [-0.4, -0.2) is 6.36 Å². The third-order valence-electron chi connectivity index (χ3n) is 6.48. The molecular weight excluding hydrogens is 418 g/mol. The third-order valence-corrected chi connectivity index (χ3v) is 6.48. The fraction of sp³-hybridized carbons (Fsp3) is 0.500. The number of benzene rings is 2. The van der Waals surface area contributed by atoms with E-state index in [0.29, 0.717) is 24.0 Å². The van der Waals surface area contributed by atoms with Gasteiger partial charge in [-0.3, -0.25) is 0 Å². The average molecular weight is 444 g/mol. The zero-order chi connectivity index (χ0) is 22.8. The summed E-state index contributed by atoms with van der Waals surface area (Å²) in [5.74, 6) is -3.67. The van der Waals surface area contributed by atoms with E-state index in [1.807, 2.05) is 0 Å². The highest BCUT2D eigenvalue weighted by Crippen LogP contribution is 2.41. The SMILES string of the molecule is CCC(CC)C1CCC(c2ccc(-c3cc(F)c(OC(F)(F)F)c(F)c3)c(F)c2)CC1. The lowest BCUT2D eigenvalue weighted by Gasteiger charge is -2.33. The van der Waals surface area contributed by atoms with E-state index < -0.39 is 29.6 Å². The molecule has 0 spiro atoms. The predicted octanol–water partition coefficient (Wildman–Crippen LogP) is 8.38. The maximum absolute atomic E-state index is 14.8. The van der Waals surface area contributed by atoms with Crippen molar-refractivity contribution in [2.24, 2.45) is 11.8 Å². The first kappa shape index (κ1) is 23.5. The maximum Gasteiger partial charge on any atom is 0.573 e. The van der Waals surface area contributed by atoms with Crippen LogP contribution in [0.4, 0.5) is 26.3 Å². The lowest BCUT2D eigenvalue weighted by atomic mass is 9.72. The Labute approximate surface area is 178 Å². The molecule has 7 heteroatoms. The smallest absolute Gasteiger partial charge is 0.399 e. The van der Waals surface area contributed by atoms with Crippen LogP contribution >= 0.6 is 0 Å². The predicted molar refractivity (Wildman–Crippen MR) is 107 cm³/mol. The molecule has 31 heavy (non-hydrogen) atoms. The molecule has 0 saturated heterocycles. The van der Waals surface area contributed by atoms with Crippen molar-refractivity contribution in [1.82, 2.24) is 0 Å². The van der Waals surface area contributed by atoms with Gasteiger partial charge in [-0.2, -0.15) is 0 Å². The molecule has 1 nitrogen and oxygen atoms in total. The van der Waals surface area contributed by atoms with Crippen LogP contribution in [0.15, 0.2) is 30.3 Å². The molecule has 0 aliphatic heterocycles. The molecule has 1 fully saturated rings. The normalized spacial score (nSPS) is 19.6. The van der Waals surface area contributed by atoms with Crippen LogP contribution in [0.5, 0.6) is 5.75 Å². The number of halogens is 6. The molecule has 2 aromatic rings. The number of hydrogen-bond donors (Lipinski definition) is 0. The monoisotopic (exact) mass is 444 g/mol. The lowest BCUT2D eigenvalue weighted by Crippen LogP contribution is -2.20. The van der Waals surface area contributed by atoms with Crippen molar-refractivity contribution in [3.05, 3.63) is 53.3 Å². The van der Waals surface area contributed by atoms with Gasteiger partial charge in [0.2, 0.25) is 5.75 Å². The Hall–Kier alpha value is -2.18. The zero-order valence-electron chi connectivity index (χ0n) is 17.5. The molecule has 0 unspecified atom stereocenters. The van der Waals surface area contributed by atoms with Crippen LogP contribution < -0.4 is 4.74 Å². The Morgan fingerprint density at radius 2 is 1.45 bits per heavy atom. The van der Waals surface area contributed by atoms with E-state index in [9.17, 15) is 26.3 Å². The van der Waals surface area contributed by atoms with Crippen molar-refractivity contribution in [2.45, 2.75) is 64.7 Å². The molecule has 1 aliphatic rings. The quantitative estimate of drug-likeness (QED) is 0.407. The molecule has 1 saturated carbocycles. The largest absolute Gasteiger partial charge is 0.573 e. The fourth-order valence-electron chi connectivity index (χ4n) is 4.83. The summed E-state index contributed by atoms with van der Waals surface area (Å²) in [7, 11) is 0. The summed E-state index contributed by atoms with van der Waals surface area (Å²) in [6.45, 7) is 4.42. The van der Waals surface area contributed by atoms with E-state index in [0.717, 1.165) is 44.1 Å². The first-order chi connectivity index (χ1) is 14.6. The molecule has 0 aromatic heterocycles. The van der Waals surface area contributed by atoms with Crippen molar-refractivity contribution in [1.29, 1.82) is 0 Å². The van der Waals surface area contributed by atoms with E-state index in [-0.39, 0.29) is 17.0 Å². The van der Waals surface area contributed by atoms with Gasteiger partial charge in [-0.25, -0.2) is 13.2 Å². The number of hydrogen-bond acceptors (Lipinski definition) is 1. The summed E-state index contributed by atoms with van der Waals surface area (Å²) < 4.78 is 83.1. The second-order valence-corrected chi connectivity index (χ2v) is 8.24. The van der Waals surface area contributed by atoms with Crippen molar-refractivity contribution < 1.29 is 31.1 Å². The van der Waals surface area contributed by atoms with E-state index in [1.165, 1.54) is 12.1 Å². The van der Waals surface area contributed by atoms with Gasteiger partial charge < -0.3 is 4.74 Å². The van der Waals surface area contributed by atoms with Gasteiger partial charge in [0.1, 0.15) is 5.82 Å². The molecule has 0 atom stereocenters. The summed E-state index contributed by atoms with van der Waals surface area (Å²) in [6, 6.07) is 5.81. The van der Waals surface area contributed by atoms with Gasteiger partial charge in [-0.15, -0.1) is 13.2 Å². The fourth-order valence-corrected chi connectivity index (χ4v) is 4.83. The maximum atomic E-state index is 14.8. The second-order valence-electron chi connectivity index (χ2n) is 8.24. The minimum atomic E-state index is -5.23. The van der Waals surface area contributed by atoms with Crippen LogP contribution in [-0.2, 0) is 0 Å². The highest BCUT2D eigenvalue weighted by atomic mass is 19.4. The topological polar surface area (TPSA) is 9.23 Å². The van der Waals surface area contributed by atoms with Crippen molar-refractivity contribution in [3.63, 3.8) is 0 Å². The third kappa shape index (κ3) is 5.55. The Balaban J connectivity index is 1.77. The summed E-state index contributed by atoms with van der Waals surface area (Å²) in [6.07, 6.45) is 1.21. The summed E-state index contributed by atoms with van der Waals surface area (Å²) in [5, 5.41) is 0. The average Bonchev–Trinajstić information content (AvgIpc) is 2.71. The minimum Gasteiger partial charge on any atom is -0.399 e. The van der Waals surface area contributed by atoms with E-state index in [4.69, 9.17) is 0 Å². The second kappa shape index (κ2) is 9.53. The van der Waals surface area contributed by atoms with Gasteiger partial charge >= 0.3 is 6.36 Å². The molecule has 3 rings (SSSR count). The van der Waals surface area contributed by atoms with Crippen molar-refractivity contribution >= 4 is 0 Å². The minimum absolute atomic E-state index is 0.0779. The van der Waals surface area contributed by atoms with Crippen LogP contribution in [0.2, 0.25) is 0 Å². The number of alkyl halides is 3.